The van der Waals surface area contributed by atoms with Crippen LogP contribution in [0.25, 0.3) is 0 Å². The Morgan fingerprint density at radius 3 is 2.50 bits per heavy atom. The van der Waals surface area contributed by atoms with Crippen molar-refractivity contribution >= 4 is 42.4 Å². The first-order chi connectivity index (χ1) is 11.4. The van der Waals surface area contributed by atoms with Gasteiger partial charge in [-0.2, -0.15) is 0 Å². The average molecular weight is 409 g/mol. The highest BCUT2D eigenvalue weighted by atomic mass is 35.5. The average Bonchev–Trinajstić information content (AvgIpc) is 2.55. The lowest BCUT2D eigenvalue weighted by Gasteiger charge is -2.42. The molecule has 1 aromatic carbocycles. The minimum absolute atomic E-state index is 0. The number of aromatic carboxylic acids is 1. The number of hydrogen-bond donors (Lipinski definition) is 4. The lowest BCUT2D eigenvalue weighted by molar-refractivity contribution is -0.141. The largest absolute Gasteiger partial charge is 0.480 e. The summed E-state index contributed by atoms with van der Waals surface area (Å²) in [6.07, 6.45) is 3.24. The van der Waals surface area contributed by atoms with Crippen LogP contribution in [0.4, 0.5) is 10.1 Å². The molecule has 0 amide bonds. The van der Waals surface area contributed by atoms with Crippen molar-refractivity contribution in [3.63, 3.8) is 0 Å². The Morgan fingerprint density at radius 2 is 1.85 bits per heavy atom. The van der Waals surface area contributed by atoms with Gasteiger partial charge in [0.05, 0.1) is 5.56 Å². The van der Waals surface area contributed by atoms with Crippen molar-refractivity contribution in [1.82, 2.24) is 5.32 Å². The van der Waals surface area contributed by atoms with Crippen molar-refractivity contribution in [3.05, 3.63) is 29.6 Å². The van der Waals surface area contributed by atoms with Gasteiger partial charge in [-0.1, -0.05) is 0 Å². The molecule has 2 fully saturated rings. The first kappa shape index (κ1) is 22.5. The topological polar surface area (TPSA) is 98.7 Å². The first-order valence-corrected chi connectivity index (χ1v) is 8.19. The quantitative estimate of drug-likeness (QED) is 0.611. The molecule has 4 atom stereocenters. The summed E-state index contributed by atoms with van der Waals surface area (Å²) in [6.45, 7) is 0.714. The van der Waals surface area contributed by atoms with Crippen molar-refractivity contribution in [2.45, 2.75) is 37.8 Å². The van der Waals surface area contributed by atoms with E-state index >= 15 is 0 Å². The van der Waals surface area contributed by atoms with E-state index in [1.807, 2.05) is 0 Å². The summed E-state index contributed by atoms with van der Waals surface area (Å²) in [5.41, 5.74) is 0.335. The van der Waals surface area contributed by atoms with Crippen molar-refractivity contribution in [2.75, 3.05) is 11.9 Å². The second-order valence-electron chi connectivity index (χ2n) is 6.70. The Balaban J connectivity index is 0.00000169. The van der Waals surface area contributed by atoms with Gasteiger partial charge in [-0.05, 0) is 62.3 Å². The van der Waals surface area contributed by atoms with Crippen LogP contribution >= 0.6 is 24.8 Å². The summed E-state index contributed by atoms with van der Waals surface area (Å²) in [7, 11) is 0. The molecule has 2 aliphatic rings. The maximum atomic E-state index is 13.3. The molecule has 1 aromatic rings. The number of piperidine rings is 1. The smallest absolute Gasteiger partial charge is 0.337 e. The zero-order valence-electron chi connectivity index (χ0n) is 14.0. The van der Waals surface area contributed by atoms with Crippen LogP contribution in [0.3, 0.4) is 0 Å². The normalized spacial score (nSPS) is 27.3. The fourth-order valence-electron chi connectivity index (χ4n) is 3.92. The van der Waals surface area contributed by atoms with E-state index in [0.717, 1.165) is 25.3 Å². The van der Waals surface area contributed by atoms with Crippen molar-refractivity contribution < 1.29 is 24.2 Å². The molecule has 6 nitrogen and oxygen atoms in total. The van der Waals surface area contributed by atoms with Crippen LogP contribution in [0.15, 0.2) is 18.2 Å². The molecule has 0 unspecified atom stereocenters. The maximum absolute atomic E-state index is 13.3. The number of benzene rings is 1. The predicted molar refractivity (Wildman–Crippen MR) is 100 cm³/mol. The standard InChI is InChI=1S/C17H21FN2O4.2ClH/c18-11-2-4-14(13(7-11)16(21)22)20-12-3-1-9-8-19-15(17(23)24)6-10(9)5-12;;/h2,4,7,9-10,12,15,19-20H,1,3,5-6,8H2,(H,21,22)(H,23,24);2*1H/t9-,10+,12-,15-;;/m0../s1. The van der Waals surface area contributed by atoms with Crippen molar-refractivity contribution in [2.24, 2.45) is 11.8 Å². The molecule has 26 heavy (non-hydrogen) atoms. The van der Waals surface area contributed by atoms with E-state index in [1.165, 1.54) is 12.1 Å². The molecule has 146 valence electrons. The van der Waals surface area contributed by atoms with E-state index in [4.69, 9.17) is 0 Å². The molecule has 0 bridgehead atoms. The first-order valence-electron chi connectivity index (χ1n) is 8.19. The number of rotatable bonds is 4. The third-order valence-electron chi connectivity index (χ3n) is 5.17. The van der Waals surface area contributed by atoms with Gasteiger partial charge in [0.25, 0.3) is 0 Å². The molecule has 4 N–H and O–H groups in total. The summed E-state index contributed by atoms with van der Waals surface area (Å²) >= 11 is 0. The number of halogens is 3. The SMILES string of the molecule is Cl.Cl.O=C(O)c1cc(F)ccc1N[C@H]1CC[C@H]2CN[C@H](C(=O)O)C[C@H]2C1. The highest BCUT2D eigenvalue weighted by molar-refractivity contribution is 5.94. The summed E-state index contributed by atoms with van der Waals surface area (Å²) in [6, 6.07) is 3.27. The monoisotopic (exact) mass is 408 g/mol. The molecule has 0 spiro atoms. The molecule has 0 radical (unpaired) electrons. The van der Waals surface area contributed by atoms with E-state index in [0.29, 0.717) is 30.5 Å². The van der Waals surface area contributed by atoms with Crippen LogP contribution in [-0.2, 0) is 4.79 Å². The van der Waals surface area contributed by atoms with Gasteiger partial charge in [-0.3, -0.25) is 4.79 Å². The summed E-state index contributed by atoms with van der Waals surface area (Å²) in [4.78, 5) is 22.5. The van der Waals surface area contributed by atoms with Crippen LogP contribution in [0, 0.1) is 17.7 Å². The van der Waals surface area contributed by atoms with Crippen molar-refractivity contribution in [1.29, 1.82) is 0 Å². The second kappa shape index (κ2) is 9.39. The summed E-state index contributed by atoms with van der Waals surface area (Å²) in [5, 5.41) is 24.7. The van der Waals surface area contributed by atoms with Gasteiger partial charge < -0.3 is 20.8 Å². The molecule has 3 rings (SSSR count). The zero-order chi connectivity index (χ0) is 17.3. The number of carbonyl (C=O) groups is 2. The van der Waals surface area contributed by atoms with Crippen LogP contribution in [0.5, 0.6) is 0 Å². The van der Waals surface area contributed by atoms with Gasteiger partial charge in [0, 0.05) is 11.7 Å². The highest BCUT2D eigenvalue weighted by Gasteiger charge is 2.37. The van der Waals surface area contributed by atoms with Crippen LogP contribution in [0.2, 0.25) is 0 Å². The Kier molecular flexibility index (Phi) is 8.12. The fourth-order valence-corrected chi connectivity index (χ4v) is 3.92. The molecule has 1 saturated heterocycles. The Morgan fingerprint density at radius 1 is 1.12 bits per heavy atom. The van der Waals surface area contributed by atoms with E-state index < -0.39 is 23.8 Å². The highest BCUT2D eigenvalue weighted by Crippen LogP contribution is 2.37. The number of fused-ring (bicyclic) bond motifs is 1. The minimum atomic E-state index is -1.17. The van der Waals surface area contributed by atoms with Gasteiger partial charge in [0.2, 0.25) is 0 Å². The summed E-state index contributed by atoms with van der Waals surface area (Å²) in [5.74, 6) is -1.81. The number of anilines is 1. The van der Waals surface area contributed by atoms with Crippen LogP contribution in [0.1, 0.15) is 36.0 Å². The Bertz CT molecular complexity index is 662. The molecule has 1 saturated carbocycles. The summed E-state index contributed by atoms with van der Waals surface area (Å²) < 4.78 is 13.3. The number of hydrogen-bond acceptors (Lipinski definition) is 4. The van der Waals surface area contributed by atoms with Gasteiger partial charge in [0.1, 0.15) is 11.9 Å². The van der Waals surface area contributed by atoms with E-state index in [-0.39, 0.29) is 36.4 Å². The third-order valence-corrected chi connectivity index (χ3v) is 5.17. The zero-order valence-corrected chi connectivity index (χ0v) is 15.6. The number of nitrogens with one attached hydrogen (secondary N) is 2. The second-order valence-corrected chi connectivity index (χ2v) is 6.70. The third kappa shape index (κ3) is 4.99. The molecule has 1 heterocycles. The lowest BCUT2D eigenvalue weighted by Crippen LogP contribution is -2.50. The minimum Gasteiger partial charge on any atom is -0.480 e. The fraction of sp³-hybridized carbons (Fsp3) is 0.529. The van der Waals surface area contributed by atoms with E-state index in [9.17, 15) is 24.2 Å². The van der Waals surface area contributed by atoms with Gasteiger partial charge in [-0.15, -0.1) is 24.8 Å². The van der Waals surface area contributed by atoms with Crippen LogP contribution < -0.4 is 10.6 Å². The maximum Gasteiger partial charge on any atom is 0.337 e. The molecule has 1 aliphatic heterocycles. The molecular formula is C17H23Cl2FN2O4. The predicted octanol–water partition coefficient (Wildman–Crippen LogP) is 3.01. The molecule has 0 aromatic heterocycles. The molecule has 1 aliphatic carbocycles. The van der Waals surface area contributed by atoms with E-state index in [2.05, 4.69) is 10.6 Å². The lowest BCUT2D eigenvalue weighted by atomic mass is 9.72. The van der Waals surface area contributed by atoms with Crippen molar-refractivity contribution in [3.8, 4) is 0 Å². The van der Waals surface area contributed by atoms with Crippen LogP contribution in [-0.4, -0.2) is 40.8 Å². The molecule has 9 heteroatoms. The number of aliphatic carboxylic acids is 1. The van der Waals surface area contributed by atoms with E-state index in [1.54, 1.807) is 0 Å². The van der Waals surface area contributed by atoms with Gasteiger partial charge >= 0.3 is 11.9 Å². The Hall–Kier alpha value is -1.57. The number of carboxylic acids is 2. The number of carboxylic acid groups (broad SMARTS) is 2. The van der Waals surface area contributed by atoms with Gasteiger partial charge in [-0.25, -0.2) is 9.18 Å². The Labute approximate surface area is 163 Å². The van der Waals surface area contributed by atoms with Gasteiger partial charge in [0.15, 0.2) is 0 Å². The molecular weight excluding hydrogens is 386 g/mol.